The number of carbonyl (C=O) groups is 2. The summed E-state index contributed by atoms with van der Waals surface area (Å²) in [6.45, 7) is 10.8. The maximum absolute atomic E-state index is 12.6. The van der Waals surface area contributed by atoms with Crippen LogP contribution in [-0.4, -0.2) is 30.5 Å². The van der Waals surface area contributed by atoms with E-state index in [2.05, 4.69) is 37.5 Å². The van der Waals surface area contributed by atoms with Crippen LogP contribution in [0.3, 0.4) is 0 Å². The molecule has 6 heteroatoms. The number of ether oxygens (including phenoxy) is 1. The van der Waals surface area contributed by atoms with Gasteiger partial charge in [0.1, 0.15) is 5.75 Å². The van der Waals surface area contributed by atoms with Gasteiger partial charge in [-0.25, -0.2) is 0 Å². The van der Waals surface area contributed by atoms with E-state index in [1.54, 1.807) is 38.1 Å². The molecule has 0 aliphatic carbocycles. The molecule has 0 heterocycles. The number of halogens is 1. The average Bonchev–Trinajstić information content (AvgIpc) is 2.80. The Morgan fingerprint density at radius 1 is 0.943 bits per heavy atom. The quantitative estimate of drug-likeness (QED) is 0.340. The molecule has 2 aromatic rings. The molecule has 0 saturated heterocycles. The molecule has 2 N–H and O–H groups in total. The fraction of sp³-hybridized carbons (Fsp3) is 0.379. The number of hydrogen-bond acceptors (Lipinski definition) is 3. The lowest BCUT2D eigenvalue weighted by Crippen LogP contribution is -2.46. The summed E-state index contributed by atoms with van der Waals surface area (Å²) in [5.41, 5.74) is 3.20. The van der Waals surface area contributed by atoms with Gasteiger partial charge >= 0.3 is 0 Å². The van der Waals surface area contributed by atoms with Crippen molar-refractivity contribution < 1.29 is 14.3 Å². The Morgan fingerprint density at radius 2 is 1.60 bits per heavy atom. The summed E-state index contributed by atoms with van der Waals surface area (Å²) >= 11 is 5.86. The van der Waals surface area contributed by atoms with Crippen molar-refractivity contribution in [2.45, 2.75) is 59.5 Å². The molecule has 0 aromatic heterocycles. The SMILES string of the molecule is CC(C)=CCC/C(C)=C/CNC(=O)C(C)(C)Oc1ccc(CCNC(=O)c2ccc(Cl)cc2)cc1. The summed E-state index contributed by atoms with van der Waals surface area (Å²) in [6.07, 6.45) is 6.95. The Kier molecular flexibility index (Phi) is 11.1. The maximum atomic E-state index is 12.6. The van der Waals surface area contributed by atoms with Crippen molar-refractivity contribution in [2.75, 3.05) is 13.1 Å². The molecule has 0 bridgehead atoms. The molecule has 0 saturated carbocycles. The van der Waals surface area contributed by atoms with Crippen molar-refractivity contribution in [2.24, 2.45) is 0 Å². The minimum Gasteiger partial charge on any atom is -0.478 e. The summed E-state index contributed by atoms with van der Waals surface area (Å²) in [4.78, 5) is 24.8. The van der Waals surface area contributed by atoms with Crippen LogP contribution in [0.25, 0.3) is 0 Å². The van der Waals surface area contributed by atoms with Crippen molar-refractivity contribution in [3.63, 3.8) is 0 Å². The predicted molar refractivity (Wildman–Crippen MR) is 144 cm³/mol. The molecule has 35 heavy (non-hydrogen) atoms. The Hall–Kier alpha value is -3.05. The highest BCUT2D eigenvalue weighted by molar-refractivity contribution is 6.30. The van der Waals surface area contributed by atoms with Gasteiger partial charge in [-0.1, -0.05) is 47.0 Å². The van der Waals surface area contributed by atoms with E-state index in [1.807, 2.05) is 30.3 Å². The fourth-order valence-corrected chi connectivity index (χ4v) is 3.44. The van der Waals surface area contributed by atoms with Crippen LogP contribution in [0.15, 0.2) is 71.8 Å². The minimum absolute atomic E-state index is 0.132. The van der Waals surface area contributed by atoms with E-state index in [1.165, 1.54) is 11.1 Å². The molecule has 0 spiro atoms. The molecule has 188 valence electrons. The largest absolute Gasteiger partial charge is 0.478 e. The number of nitrogens with one attached hydrogen (secondary N) is 2. The molecule has 0 aliphatic heterocycles. The molecule has 2 aromatic carbocycles. The Balaban J connectivity index is 1.78. The van der Waals surface area contributed by atoms with Crippen molar-refractivity contribution in [3.8, 4) is 5.75 Å². The predicted octanol–water partition coefficient (Wildman–Crippen LogP) is 6.28. The Bertz CT molecular complexity index is 1030. The highest BCUT2D eigenvalue weighted by Crippen LogP contribution is 2.20. The van der Waals surface area contributed by atoms with Gasteiger partial charge in [0, 0.05) is 23.7 Å². The van der Waals surface area contributed by atoms with Crippen molar-refractivity contribution >= 4 is 23.4 Å². The van der Waals surface area contributed by atoms with Gasteiger partial charge in [-0.05, 0) is 95.8 Å². The molecule has 0 aliphatic rings. The third-order valence-corrected chi connectivity index (χ3v) is 5.71. The van der Waals surface area contributed by atoms with E-state index in [0.717, 1.165) is 18.4 Å². The Morgan fingerprint density at radius 3 is 2.23 bits per heavy atom. The van der Waals surface area contributed by atoms with E-state index < -0.39 is 5.60 Å². The number of carbonyl (C=O) groups excluding carboxylic acids is 2. The lowest BCUT2D eigenvalue weighted by molar-refractivity contribution is -0.133. The minimum atomic E-state index is -1.00. The molecule has 2 amide bonds. The lowest BCUT2D eigenvalue weighted by atomic mass is 10.1. The number of rotatable bonds is 12. The second-order valence-electron chi connectivity index (χ2n) is 9.35. The molecule has 0 fully saturated rings. The van der Waals surface area contributed by atoms with Gasteiger partial charge in [0.15, 0.2) is 5.60 Å². The molecule has 5 nitrogen and oxygen atoms in total. The number of amides is 2. The van der Waals surface area contributed by atoms with Crippen LogP contribution in [0.2, 0.25) is 5.02 Å². The van der Waals surface area contributed by atoms with Crippen LogP contribution >= 0.6 is 11.6 Å². The van der Waals surface area contributed by atoms with E-state index in [4.69, 9.17) is 16.3 Å². The van der Waals surface area contributed by atoms with Crippen LogP contribution < -0.4 is 15.4 Å². The summed E-state index contributed by atoms with van der Waals surface area (Å²) in [5, 5.41) is 6.44. The van der Waals surface area contributed by atoms with Crippen molar-refractivity contribution in [1.82, 2.24) is 10.6 Å². The topological polar surface area (TPSA) is 67.4 Å². The van der Waals surface area contributed by atoms with Gasteiger partial charge in [-0.3, -0.25) is 9.59 Å². The smallest absolute Gasteiger partial charge is 0.263 e. The van der Waals surface area contributed by atoms with Crippen LogP contribution in [-0.2, 0) is 11.2 Å². The monoisotopic (exact) mass is 496 g/mol. The maximum Gasteiger partial charge on any atom is 0.263 e. The van der Waals surface area contributed by atoms with Gasteiger partial charge in [0.25, 0.3) is 11.8 Å². The molecular formula is C29H37ClN2O3. The van der Waals surface area contributed by atoms with Crippen molar-refractivity contribution in [3.05, 3.63) is 88.0 Å². The zero-order valence-electron chi connectivity index (χ0n) is 21.4. The molecule has 2 rings (SSSR count). The summed E-state index contributed by atoms with van der Waals surface area (Å²) in [6, 6.07) is 14.4. The van der Waals surface area contributed by atoms with Gasteiger partial charge in [0.2, 0.25) is 0 Å². The highest BCUT2D eigenvalue weighted by Gasteiger charge is 2.29. The highest BCUT2D eigenvalue weighted by atomic mass is 35.5. The van der Waals surface area contributed by atoms with E-state index in [-0.39, 0.29) is 11.8 Å². The first-order chi connectivity index (χ1) is 16.6. The zero-order chi connectivity index (χ0) is 25.8. The summed E-state index contributed by atoms with van der Waals surface area (Å²) in [7, 11) is 0. The molecule has 0 unspecified atom stereocenters. The first-order valence-corrected chi connectivity index (χ1v) is 12.3. The first kappa shape index (κ1) is 28.2. The fourth-order valence-electron chi connectivity index (χ4n) is 3.31. The van der Waals surface area contributed by atoms with Gasteiger partial charge in [0.05, 0.1) is 0 Å². The average molecular weight is 497 g/mol. The van der Waals surface area contributed by atoms with Crippen LogP contribution in [0.5, 0.6) is 5.75 Å². The van der Waals surface area contributed by atoms with E-state index >= 15 is 0 Å². The normalized spacial score (nSPS) is 11.5. The number of benzene rings is 2. The number of allylic oxidation sites excluding steroid dienone is 3. The molecular weight excluding hydrogens is 460 g/mol. The first-order valence-electron chi connectivity index (χ1n) is 12.0. The van der Waals surface area contributed by atoms with E-state index in [9.17, 15) is 9.59 Å². The zero-order valence-corrected chi connectivity index (χ0v) is 22.2. The molecule has 0 radical (unpaired) electrons. The standard InChI is InChI=1S/C29H37ClN2O3/c1-21(2)7-6-8-22(3)17-19-32-28(34)29(4,5)35-26-15-9-23(10-16-26)18-20-31-27(33)24-11-13-25(30)14-12-24/h7,9-17H,6,8,18-20H2,1-5H3,(H,31,33)(H,32,34)/b22-17+. The second-order valence-corrected chi connectivity index (χ2v) is 9.79. The van der Waals surface area contributed by atoms with Crippen LogP contribution in [0, 0.1) is 0 Å². The van der Waals surface area contributed by atoms with Gasteiger partial charge in [-0.15, -0.1) is 0 Å². The lowest BCUT2D eigenvalue weighted by Gasteiger charge is -2.25. The van der Waals surface area contributed by atoms with Gasteiger partial charge < -0.3 is 15.4 Å². The second kappa shape index (κ2) is 13.7. The van der Waals surface area contributed by atoms with E-state index in [0.29, 0.717) is 35.8 Å². The number of hydrogen-bond donors (Lipinski definition) is 2. The van der Waals surface area contributed by atoms with Crippen LogP contribution in [0.4, 0.5) is 0 Å². The summed E-state index contributed by atoms with van der Waals surface area (Å²) in [5.74, 6) is 0.319. The van der Waals surface area contributed by atoms with Gasteiger partial charge in [-0.2, -0.15) is 0 Å². The van der Waals surface area contributed by atoms with Crippen molar-refractivity contribution in [1.29, 1.82) is 0 Å². The third kappa shape index (κ3) is 10.4. The Labute approximate surface area is 214 Å². The van der Waals surface area contributed by atoms with Crippen LogP contribution in [0.1, 0.15) is 63.4 Å². The summed E-state index contributed by atoms with van der Waals surface area (Å²) < 4.78 is 5.96. The molecule has 0 atom stereocenters. The third-order valence-electron chi connectivity index (χ3n) is 5.45.